The number of benzene rings is 1. The number of hydrogen-bond acceptors (Lipinski definition) is 7. The molecule has 35 heavy (non-hydrogen) atoms. The van der Waals surface area contributed by atoms with Crippen LogP contribution in [0.25, 0.3) is 0 Å². The molecule has 1 aliphatic heterocycles. The number of likely N-dealkylation sites (tertiary alicyclic amines) is 1. The van der Waals surface area contributed by atoms with Crippen molar-refractivity contribution in [2.45, 2.75) is 52.7 Å². The minimum absolute atomic E-state index is 0.0634. The van der Waals surface area contributed by atoms with Crippen LogP contribution in [0, 0.1) is 11.8 Å². The van der Waals surface area contributed by atoms with Crippen LogP contribution in [-0.2, 0) is 9.47 Å². The Balaban J connectivity index is 2.17. The second-order valence-electron chi connectivity index (χ2n) is 10.2. The average molecular weight is 495 g/mol. The molecule has 9 nitrogen and oxygen atoms in total. The van der Waals surface area contributed by atoms with Crippen molar-refractivity contribution in [2.24, 2.45) is 11.8 Å². The van der Waals surface area contributed by atoms with Crippen molar-refractivity contribution in [1.82, 2.24) is 9.80 Å². The van der Waals surface area contributed by atoms with Gasteiger partial charge in [0.2, 0.25) is 0 Å². The molecule has 2 amide bonds. The molecule has 0 spiro atoms. The van der Waals surface area contributed by atoms with E-state index in [1.54, 1.807) is 42.2 Å². The van der Waals surface area contributed by atoms with Crippen LogP contribution in [0.2, 0.25) is 0 Å². The third-order valence-electron chi connectivity index (χ3n) is 5.94. The Morgan fingerprint density at radius 3 is 2.37 bits per heavy atom. The fourth-order valence-corrected chi connectivity index (χ4v) is 4.08. The van der Waals surface area contributed by atoms with E-state index in [0.717, 1.165) is 0 Å². The monoisotopic (exact) mass is 494 g/mol. The van der Waals surface area contributed by atoms with E-state index < -0.39 is 11.7 Å². The number of carbonyl (C=O) groups excluding carboxylic acids is 2. The van der Waals surface area contributed by atoms with Crippen LogP contribution in [0.1, 0.15) is 51.4 Å². The lowest BCUT2D eigenvalue weighted by atomic mass is 9.95. The Bertz CT molecular complexity index is 837. The molecule has 0 unspecified atom stereocenters. The first-order valence-corrected chi connectivity index (χ1v) is 12.2. The number of rotatable bonds is 11. The van der Waals surface area contributed by atoms with Gasteiger partial charge in [0, 0.05) is 69.8 Å². The lowest BCUT2D eigenvalue weighted by Crippen LogP contribution is -2.42. The molecule has 0 saturated carbocycles. The number of aliphatic hydroxyl groups is 1. The first-order chi connectivity index (χ1) is 16.5. The van der Waals surface area contributed by atoms with Gasteiger partial charge in [-0.05, 0) is 52.8 Å². The predicted octanol–water partition coefficient (Wildman–Crippen LogP) is 3.44. The van der Waals surface area contributed by atoms with Gasteiger partial charge < -0.3 is 33.9 Å². The summed E-state index contributed by atoms with van der Waals surface area (Å²) >= 11 is 0. The molecule has 198 valence electrons. The summed E-state index contributed by atoms with van der Waals surface area (Å²) in [6.07, 6.45) is 0.320. The summed E-state index contributed by atoms with van der Waals surface area (Å²) < 4.78 is 21.8. The average Bonchev–Trinajstić information content (AvgIpc) is 3.21. The SMILES string of the molecule is COCCCOc1cc(C(=O)N(C[C@H]2CN(C(=O)OC(C)(C)C)C[C@H]2CO)C(C)C)ccc1OC. The van der Waals surface area contributed by atoms with Crippen molar-refractivity contribution in [2.75, 3.05) is 53.7 Å². The Labute approximate surface area is 209 Å². The number of ether oxygens (including phenoxy) is 4. The second-order valence-corrected chi connectivity index (χ2v) is 10.2. The maximum absolute atomic E-state index is 13.5. The Kier molecular flexibility index (Phi) is 10.6. The third kappa shape index (κ3) is 8.28. The topological polar surface area (TPSA) is 97.8 Å². The minimum atomic E-state index is -0.596. The number of aliphatic hydroxyl groups excluding tert-OH is 1. The van der Waals surface area contributed by atoms with Crippen LogP contribution >= 0.6 is 0 Å². The van der Waals surface area contributed by atoms with E-state index in [1.807, 2.05) is 34.6 Å². The molecule has 1 heterocycles. The highest BCUT2D eigenvalue weighted by Crippen LogP contribution is 2.31. The summed E-state index contributed by atoms with van der Waals surface area (Å²) in [5.74, 6) is 0.716. The van der Waals surface area contributed by atoms with Gasteiger partial charge in [-0.1, -0.05) is 0 Å². The molecule has 0 bridgehead atoms. The van der Waals surface area contributed by atoms with Crippen molar-refractivity contribution in [1.29, 1.82) is 0 Å². The van der Waals surface area contributed by atoms with E-state index in [1.165, 1.54) is 0 Å². The number of hydrogen-bond donors (Lipinski definition) is 1. The summed E-state index contributed by atoms with van der Waals surface area (Å²) in [4.78, 5) is 29.5. The maximum Gasteiger partial charge on any atom is 0.410 e. The van der Waals surface area contributed by atoms with Gasteiger partial charge >= 0.3 is 6.09 Å². The van der Waals surface area contributed by atoms with Gasteiger partial charge in [0.25, 0.3) is 5.91 Å². The zero-order valence-corrected chi connectivity index (χ0v) is 22.2. The molecular weight excluding hydrogens is 452 g/mol. The van der Waals surface area contributed by atoms with Gasteiger partial charge in [0.05, 0.1) is 13.7 Å². The molecule has 1 aromatic carbocycles. The summed E-state index contributed by atoms with van der Waals surface area (Å²) in [7, 11) is 3.20. The molecule has 9 heteroatoms. The zero-order valence-electron chi connectivity index (χ0n) is 22.2. The van der Waals surface area contributed by atoms with E-state index >= 15 is 0 Å². The fraction of sp³-hybridized carbons (Fsp3) is 0.692. The largest absolute Gasteiger partial charge is 0.493 e. The van der Waals surface area contributed by atoms with Gasteiger partial charge in [0.15, 0.2) is 11.5 Å². The van der Waals surface area contributed by atoms with Crippen molar-refractivity contribution >= 4 is 12.0 Å². The molecular formula is C26H42N2O7. The molecule has 1 saturated heterocycles. The predicted molar refractivity (Wildman–Crippen MR) is 133 cm³/mol. The van der Waals surface area contributed by atoms with E-state index in [-0.39, 0.29) is 30.4 Å². The fourth-order valence-electron chi connectivity index (χ4n) is 4.08. The summed E-state index contributed by atoms with van der Waals surface area (Å²) in [6.45, 7) is 11.6. The normalized spacial score (nSPS) is 18.0. The Morgan fingerprint density at radius 1 is 1.11 bits per heavy atom. The van der Waals surface area contributed by atoms with Crippen molar-refractivity contribution in [3.05, 3.63) is 23.8 Å². The van der Waals surface area contributed by atoms with Gasteiger partial charge in [-0.2, -0.15) is 0 Å². The van der Waals surface area contributed by atoms with Gasteiger partial charge in [0.1, 0.15) is 5.60 Å². The highest BCUT2D eigenvalue weighted by atomic mass is 16.6. The van der Waals surface area contributed by atoms with E-state index in [9.17, 15) is 14.7 Å². The number of nitrogens with zero attached hydrogens (tertiary/aromatic N) is 2. The molecule has 0 aliphatic carbocycles. The van der Waals surface area contributed by atoms with Gasteiger partial charge in [-0.25, -0.2) is 4.79 Å². The van der Waals surface area contributed by atoms with Crippen LogP contribution in [-0.4, -0.2) is 92.2 Å². The number of amides is 2. The number of carbonyl (C=O) groups is 2. The van der Waals surface area contributed by atoms with E-state index in [2.05, 4.69) is 0 Å². The highest BCUT2D eigenvalue weighted by molar-refractivity contribution is 5.95. The smallest absolute Gasteiger partial charge is 0.410 e. The highest BCUT2D eigenvalue weighted by Gasteiger charge is 2.38. The van der Waals surface area contributed by atoms with Crippen LogP contribution in [0.5, 0.6) is 11.5 Å². The van der Waals surface area contributed by atoms with Crippen LogP contribution in [0.3, 0.4) is 0 Å². The minimum Gasteiger partial charge on any atom is -0.493 e. The van der Waals surface area contributed by atoms with Crippen molar-refractivity contribution in [3.8, 4) is 11.5 Å². The molecule has 1 fully saturated rings. The lowest BCUT2D eigenvalue weighted by Gasteiger charge is -2.31. The van der Waals surface area contributed by atoms with Crippen LogP contribution < -0.4 is 9.47 Å². The van der Waals surface area contributed by atoms with Crippen molar-refractivity contribution in [3.63, 3.8) is 0 Å². The Morgan fingerprint density at radius 2 is 1.80 bits per heavy atom. The second kappa shape index (κ2) is 13.0. The maximum atomic E-state index is 13.5. The first-order valence-electron chi connectivity index (χ1n) is 12.2. The quantitative estimate of drug-likeness (QED) is 0.471. The molecule has 0 aromatic heterocycles. The van der Waals surface area contributed by atoms with Crippen LogP contribution in [0.4, 0.5) is 4.79 Å². The summed E-state index contributed by atoms with van der Waals surface area (Å²) in [6, 6.07) is 5.08. The van der Waals surface area contributed by atoms with E-state index in [4.69, 9.17) is 18.9 Å². The van der Waals surface area contributed by atoms with E-state index in [0.29, 0.717) is 56.3 Å². The summed E-state index contributed by atoms with van der Waals surface area (Å²) in [5.41, 5.74) is -0.106. The molecule has 0 radical (unpaired) electrons. The standard InChI is InChI=1S/C26H42N2O7/c1-18(2)28(16-20-14-27(15-21(20)17-29)25(31)35-26(3,4)5)24(30)19-9-10-22(33-7)23(13-19)34-12-8-11-32-6/h9-10,13,18,20-21,29H,8,11-12,14-17H2,1-7H3/t20-,21+/m1/s1. The zero-order chi connectivity index (χ0) is 26.2. The molecule has 2 rings (SSSR count). The molecule has 1 aromatic rings. The lowest BCUT2D eigenvalue weighted by molar-refractivity contribution is 0.0279. The Hall–Kier alpha value is -2.52. The number of methoxy groups -OCH3 is 2. The van der Waals surface area contributed by atoms with Crippen molar-refractivity contribution < 1.29 is 33.6 Å². The summed E-state index contributed by atoms with van der Waals surface area (Å²) in [5, 5.41) is 9.97. The van der Waals surface area contributed by atoms with Gasteiger partial charge in [-0.15, -0.1) is 0 Å². The van der Waals surface area contributed by atoms with Crippen LogP contribution in [0.15, 0.2) is 18.2 Å². The van der Waals surface area contributed by atoms with Gasteiger partial charge in [-0.3, -0.25) is 4.79 Å². The molecule has 2 atom stereocenters. The molecule has 1 N–H and O–H groups in total. The first kappa shape index (κ1) is 28.7. The third-order valence-corrected chi connectivity index (χ3v) is 5.94. The molecule has 1 aliphatic rings.